The number of carbonyl (C=O) groups excluding carboxylic acids is 1. The van der Waals surface area contributed by atoms with Crippen LogP contribution < -0.4 is 0 Å². The van der Waals surface area contributed by atoms with Crippen molar-refractivity contribution in [2.45, 2.75) is 0 Å². The molecule has 1 aromatic carbocycles. The van der Waals surface area contributed by atoms with Gasteiger partial charge in [0.15, 0.2) is 6.29 Å². The van der Waals surface area contributed by atoms with Crippen LogP contribution in [0.15, 0.2) is 48.8 Å². The highest BCUT2D eigenvalue weighted by molar-refractivity contribution is 5.76. The zero-order chi connectivity index (χ0) is 12.5. The van der Waals surface area contributed by atoms with E-state index in [2.05, 4.69) is 4.98 Å². The second-order valence-corrected chi connectivity index (χ2v) is 3.94. The number of aldehydes is 1. The van der Waals surface area contributed by atoms with E-state index in [1.54, 1.807) is 47.1 Å². The first-order chi connectivity index (χ1) is 8.79. The molecule has 3 aromatic rings. The lowest BCUT2D eigenvalue weighted by atomic mass is 10.2. The number of halogens is 1. The Bertz CT molecular complexity index is 733. The van der Waals surface area contributed by atoms with Gasteiger partial charge >= 0.3 is 0 Å². The average molecular weight is 240 g/mol. The van der Waals surface area contributed by atoms with Gasteiger partial charge < -0.3 is 0 Å². The Kier molecular flexibility index (Phi) is 2.41. The molecule has 0 radical (unpaired) electrons. The topological polar surface area (TPSA) is 34.4 Å². The predicted molar refractivity (Wildman–Crippen MR) is 66.0 cm³/mol. The number of imidazole rings is 1. The van der Waals surface area contributed by atoms with Crippen molar-refractivity contribution in [1.82, 2.24) is 9.38 Å². The van der Waals surface area contributed by atoms with Crippen LogP contribution in [0.3, 0.4) is 0 Å². The number of rotatable bonds is 2. The minimum atomic E-state index is -0.332. The highest BCUT2D eigenvalue weighted by Crippen LogP contribution is 2.22. The minimum Gasteiger partial charge on any atom is -0.299 e. The van der Waals surface area contributed by atoms with E-state index in [-0.39, 0.29) is 5.82 Å². The highest BCUT2D eigenvalue weighted by Gasteiger charge is 2.10. The van der Waals surface area contributed by atoms with E-state index in [0.717, 1.165) is 11.8 Å². The smallest absolute Gasteiger partial charge is 0.151 e. The van der Waals surface area contributed by atoms with Crippen LogP contribution in [0.5, 0.6) is 0 Å². The van der Waals surface area contributed by atoms with Gasteiger partial charge in [-0.25, -0.2) is 9.37 Å². The molecule has 0 fully saturated rings. The van der Waals surface area contributed by atoms with Crippen molar-refractivity contribution in [1.29, 1.82) is 0 Å². The van der Waals surface area contributed by atoms with Crippen LogP contribution in [0.2, 0.25) is 0 Å². The van der Waals surface area contributed by atoms with E-state index in [4.69, 9.17) is 0 Å². The van der Waals surface area contributed by atoms with Crippen LogP contribution in [0.1, 0.15) is 10.4 Å². The van der Waals surface area contributed by atoms with Crippen LogP contribution in [0, 0.1) is 5.82 Å². The van der Waals surface area contributed by atoms with Crippen molar-refractivity contribution >= 4 is 11.8 Å². The summed E-state index contributed by atoms with van der Waals surface area (Å²) in [5, 5.41) is 0. The summed E-state index contributed by atoms with van der Waals surface area (Å²) in [6, 6.07) is 9.92. The third kappa shape index (κ3) is 1.59. The molecule has 2 aromatic heterocycles. The summed E-state index contributed by atoms with van der Waals surface area (Å²) in [7, 11) is 0. The van der Waals surface area contributed by atoms with Crippen LogP contribution in [-0.4, -0.2) is 15.7 Å². The van der Waals surface area contributed by atoms with Gasteiger partial charge in [-0.1, -0.05) is 12.1 Å². The second kappa shape index (κ2) is 4.07. The van der Waals surface area contributed by atoms with Crippen molar-refractivity contribution in [3.8, 4) is 11.4 Å². The van der Waals surface area contributed by atoms with Gasteiger partial charge in [0.1, 0.15) is 11.6 Å². The zero-order valence-electron chi connectivity index (χ0n) is 9.38. The standard InChI is InChI=1S/C14H9FN2O/c15-13-4-2-1-3-12(13)14-16-7-11-6-5-10(9-18)8-17(11)14/h1-9H. The molecule has 3 rings (SSSR count). The van der Waals surface area contributed by atoms with Gasteiger partial charge in [0, 0.05) is 11.8 Å². The van der Waals surface area contributed by atoms with E-state index in [9.17, 15) is 9.18 Å². The number of carbonyl (C=O) groups is 1. The molecule has 18 heavy (non-hydrogen) atoms. The summed E-state index contributed by atoms with van der Waals surface area (Å²) in [5.74, 6) is 0.160. The molecule has 0 bridgehead atoms. The number of pyridine rings is 1. The Morgan fingerprint density at radius 2 is 2.00 bits per heavy atom. The summed E-state index contributed by atoms with van der Waals surface area (Å²) in [6.07, 6.45) is 4.05. The molecule has 0 saturated carbocycles. The first-order valence-electron chi connectivity index (χ1n) is 5.47. The molecule has 3 nitrogen and oxygen atoms in total. The molecule has 2 heterocycles. The molecule has 4 heteroatoms. The van der Waals surface area contributed by atoms with Crippen molar-refractivity contribution in [2.75, 3.05) is 0 Å². The average Bonchev–Trinajstić information content (AvgIpc) is 2.82. The molecule has 0 aliphatic heterocycles. The maximum absolute atomic E-state index is 13.7. The first-order valence-corrected chi connectivity index (χ1v) is 5.47. The van der Waals surface area contributed by atoms with Gasteiger partial charge in [0.2, 0.25) is 0 Å². The quantitative estimate of drug-likeness (QED) is 0.645. The number of benzene rings is 1. The Hall–Kier alpha value is -2.49. The summed E-state index contributed by atoms with van der Waals surface area (Å²) in [6.45, 7) is 0. The van der Waals surface area contributed by atoms with Crippen molar-refractivity contribution < 1.29 is 9.18 Å². The molecule has 0 amide bonds. The number of hydrogen-bond acceptors (Lipinski definition) is 2. The fraction of sp³-hybridized carbons (Fsp3) is 0. The number of aromatic nitrogens is 2. The Morgan fingerprint density at radius 1 is 1.17 bits per heavy atom. The summed E-state index contributed by atoms with van der Waals surface area (Å²) in [5.41, 5.74) is 1.76. The minimum absolute atomic E-state index is 0.332. The molecule has 0 N–H and O–H groups in total. The number of fused-ring (bicyclic) bond motifs is 1. The molecule has 0 aliphatic carbocycles. The second-order valence-electron chi connectivity index (χ2n) is 3.94. The molecule has 0 spiro atoms. The largest absolute Gasteiger partial charge is 0.299 e. The van der Waals surface area contributed by atoms with Crippen LogP contribution >= 0.6 is 0 Å². The Morgan fingerprint density at radius 3 is 2.78 bits per heavy atom. The van der Waals surface area contributed by atoms with Crippen molar-refractivity contribution in [3.05, 3.63) is 60.2 Å². The normalized spacial score (nSPS) is 10.7. The summed E-state index contributed by atoms with van der Waals surface area (Å²) >= 11 is 0. The van der Waals surface area contributed by atoms with Gasteiger partial charge in [0.25, 0.3) is 0 Å². The van der Waals surface area contributed by atoms with E-state index >= 15 is 0 Å². The lowest BCUT2D eigenvalue weighted by molar-refractivity contribution is 0.112. The molecule has 88 valence electrons. The zero-order valence-corrected chi connectivity index (χ0v) is 9.38. The molecule has 0 saturated heterocycles. The maximum Gasteiger partial charge on any atom is 0.151 e. The Balaban J connectivity index is 2.29. The SMILES string of the molecule is O=Cc1ccc2cnc(-c3ccccc3F)n2c1. The number of hydrogen-bond donors (Lipinski definition) is 0. The number of nitrogens with zero attached hydrogens (tertiary/aromatic N) is 2. The lowest BCUT2D eigenvalue weighted by Gasteiger charge is -2.03. The molecule has 0 aliphatic rings. The molecular weight excluding hydrogens is 231 g/mol. The van der Waals surface area contributed by atoms with Crippen molar-refractivity contribution in [3.63, 3.8) is 0 Å². The summed E-state index contributed by atoms with van der Waals surface area (Å²) in [4.78, 5) is 15.0. The van der Waals surface area contributed by atoms with Gasteiger partial charge in [0.05, 0.1) is 17.3 Å². The molecule has 0 unspecified atom stereocenters. The Labute approximate surface area is 103 Å². The maximum atomic E-state index is 13.7. The predicted octanol–water partition coefficient (Wildman–Crippen LogP) is 2.95. The van der Waals surface area contributed by atoms with Crippen molar-refractivity contribution in [2.24, 2.45) is 0 Å². The fourth-order valence-electron chi connectivity index (χ4n) is 1.92. The van der Waals surface area contributed by atoms with E-state index in [1.165, 1.54) is 6.07 Å². The van der Waals surface area contributed by atoms with E-state index < -0.39 is 0 Å². The van der Waals surface area contributed by atoms with Gasteiger partial charge in [-0.3, -0.25) is 9.20 Å². The van der Waals surface area contributed by atoms with Gasteiger partial charge in [-0.05, 0) is 24.3 Å². The third-order valence-corrected chi connectivity index (χ3v) is 2.80. The third-order valence-electron chi connectivity index (χ3n) is 2.80. The van der Waals surface area contributed by atoms with E-state index in [0.29, 0.717) is 17.0 Å². The van der Waals surface area contributed by atoms with Gasteiger partial charge in [-0.15, -0.1) is 0 Å². The van der Waals surface area contributed by atoms with Crippen LogP contribution in [-0.2, 0) is 0 Å². The monoisotopic (exact) mass is 240 g/mol. The summed E-state index contributed by atoms with van der Waals surface area (Å²) < 4.78 is 15.5. The first kappa shape index (κ1) is 10.7. The highest BCUT2D eigenvalue weighted by atomic mass is 19.1. The lowest BCUT2D eigenvalue weighted by Crippen LogP contribution is -1.93. The molecule has 0 atom stereocenters. The van der Waals surface area contributed by atoms with Crippen LogP contribution in [0.4, 0.5) is 4.39 Å². The van der Waals surface area contributed by atoms with Crippen LogP contribution in [0.25, 0.3) is 16.9 Å². The van der Waals surface area contributed by atoms with Gasteiger partial charge in [-0.2, -0.15) is 0 Å². The fourth-order valence-corrected chi connectivity index (χ4v) is 1.92. The molecular formula is C14H9FN2O. The van der Waals surface area contributed by atoms with E-state index in [1.807, 2.05) is 0 Å².